The monoisotopic (exact) mass is 463 g/mol. The Labute approximate surface area is 203 Å². The van der Waals surface area contributed by atoms with Crippen molar-refractivity contribution < 1.29 is 14.6 Å². The largest absolute Gasteiger partial charge is 0.439 e. The molecule has 1 aromatic heterocycles. The number of aromatic nitrogens is 2. The van der Waals surface area contributed by atoms with Crippen LogP contribution in [-0.4, -0.2) is 51.7 Å². The van der Waals surface area contributed by atoms with Gasteiger partial charge in [-0.15, -0.1) is 0 Å². The minimum absolute atomic E-state index is 0.358. The SMILES string of the molecule is Cc1ccc(Oc2c(CN(C[C@@H](O)COCC(C)C)C3CC3)c(C)nn2-c2ccccc2)cc1. The number of hydrogen-bond acceptors (Lipinski definition) is 5. The molecular weight excluding hydrogens is 426 g/mol. The standard InChI is InChI=1S/C28H37N3O3/c1-20(2)18-33-19-25(32)16-30(23-12-13-23)17-27-22(4)29-31(24-8-6-5-7-9-24)28(27)34-26-14-10-21(3)11-15-26/h5-11,14-15,20,23,25,32H,12-13,16-19H2,1-4H3/t25-/m1/s1. The molecule has 2 aromatic carbocycles. The lowest BCUT2D eigenvalue weighted by atomic mass is 10.2. The van der Waals surface area contributed by atoms with Crippen molar-refractivity contribution in [2.24, 2.45) is 5.92 Å². The first-order chi connectivity index (χ1) is 16.4. The van der Waals surface area contributed by atoms with Gasteiger partial charge in [0.2, 0.25) is 5.88 Å². The van der Waals surface area contributed by atoms with Crippen molar-refractivity contribution in [2.45, 2.75) is 59.2 Å². The second-order valence-corrected chi connectivity index (χ2v) is 9.78. The van der Waals surface area contributed by atoms with E-state index in [1.165, 1.54) is 5.56 Å². The molecule has 0 spiro atoms. The van der Waals surface area contributed by atoms with Crippen LogP contribution in [0.2, 0.25) is 0 Å². The summed E-state index contributed by atoms with van der Waals surface area (Å²) in [6.45, 7) is 10.6. The minimum Gasteiger partial charge on any atom is -0.439 e. The molecule has 1 fully saturated rings. The molecule has 0 amide bonds. The van der Waals surface area contributed by atoms with Gasteiger partial charge in [0.25, 0.3) is 0 Å². The Morgan fingerprint density at radius 1 is 1.03 bits per heavy atom. The highest BCUT2D eigenvalue weighted by Crippen LogP contribution is 2.35. The lowest BCUT2D eigenvalue weighted by Gasteiger charge is -2.25. The lowest BCUT2D eigenvalue weighted by molar-refractivity contribution is 0.00536. The summed E-state index contributed by atoms with van der Waals surface area (Å²) >= 11 is 0. The van der Waals surface area contributed by atoms with Gasteiger partial charge in [0.1, 0.15) is 5.75 Å². The fourth-order valence-corrected chi connectivity index (χ4v) is 4.04. The molecule has 1 saturated carbocycles. The summed E-state index contributed by atoms with van der Waals surface area (Å²) in [6, 6.07) is 18.6. The van der Waals surface area contributed by atoms with E-state index in [-0.39, 0.29) is 0 Å². The van der Waals surface area contributed by atoms with Crippen LogP contribution in [0.25, 0.3) is 5.69 Å². The van der Waals surface area contributed by atoms with Crippen molar-refractivity contribution >= 4 is 0 Å². The van der Waals surface area contributed by atoms with Gasteiger partial charge in [0, 0.05) is 25.7 Å². The van der Waals surface area contributed by atoms with Crippen LogP contribution in [0.1, 0.15) is 43.5 Å². The molecular formula is C28H37N3O3. The third kappa shape index (κ3) is 6.47. The van der Waals surface area contributed by atoms with E-state index in [1.807, 2.05) is 54.1 Å². The number of nitrogens with zero attached hydrogens (tertiary/aromatic N) is 3. The molecule has 1 N–H and O–H groups in total. The summed E-state index contributed by atoms with van der Waals surface area (Å²) in [6.07, 6.45) is 1.78. The highest BCUT2D eigenvalue weighted by atomic mass is 16.5. The Morgan fingerprint density at radius 3 is 2.38 bits per heavy atom. The number of rotatable bonds is 12. The fourth-order valence-electron chi connectivity index (χ4n) is 4.04. The molecule has 1 aliphatic carbocycles. The molecule has 34 heavy (non-hydrogen) atoms. The Balaban J connectivity index is 1.59. The smallest absolute Gasteiger partial charge is 0.227 e. The zero-order valence-electron chi connectivity index (χ0n) is 20.8. The molecule has 1 atom stereocenters. The number of ether oxygens (including phenoxy) is 2. The average molecular weight is 464 g/mol. The number of aliphatic hydroxyl groups is 1. The van der Waals surface area contributed by atoms with Crippen LogP contribution in [-0.2, 0) is 11.3 Å². The number of aryl methyl sites for hydroxylation is 2. The summed E-state index contributed by atoms with van der Waals surface area (Å²) in [7, 11) is 0. The third-order valence-electron chi connectivity index (χ3n) is 6.00. The Kier molecular flexibility index (Phi) is 8.03. The molecule has 3 aromatic rings. The van der Waals surface area contributed by atoms with Crippen molar-refractivity contribution in [1.29, 1.82) is 0 Å². The van der Waals surface area contributed by atoms with E-state index >= 15 is 0 Å². The summed E-state index contributed by atoms with van der Waals surface area (Å²) < 4.78 is 14.0. The molecule has 0 saturated heterocycles. The number of benzene rings is 2. The van der Waals surface area contributed by atoms with Crippen molar-refractivity contribution in [1.82, 2.24) is 14.7 Å². The van der Waals surface area contributed by atoms with Gasteiger partial charge < -0.3 is 14.6 Å². The van der Waals surface area contributed by atoms with E-state index in [1.54, 1.807) is 0 Å². The molecule has 0 aliphatic heterocycles. The second kappa shape index (κ2) is 11.2. The highest BCUT2D eigenvalue weighted by molar-refractivity contribution is 5.43. The van der Waals surface area contributed by atoms with E-state index < -0.39 is 6.10 Å². The van der Waals surface area contributed by atoms with E-state index in [2.05, 4.69) is 37.8 Å². The molecule has 4 rings (SSSR count). The number of para-hydroxylation sites is 1. The molecule has 0 bridgehead atoms. The van der Waals surface area contributed by atoms with E-state index in [0.29, 0.717) is 38.3 Å². The Bertz CT molecular complexity index is 1040. The first-order valence-corrected chi connectivity index (χ1v) is 12.3. The van der Waals surface area contributed by atoms with Crippen LogP contribution >= 0.6 is 0 Å². The normalized spacial score (nSPS) is 14.7. The maximum atomic E-state index is 10.7. The zero-order chi connectivity index (χ0) is 24.1. The van der Waals surface area contributed by atoms with Crippen LogP contribution in [0.3, 0.4) is 0 Å². The minimum atomic E-state index is -0.523. The van der Waals surface area contributed by atoms with Gasteiger partial charge in [-0.2, -0.15) is 5.10 Å². The van der Waals surface area contributed by atoms with Crippen molar-refractivity contribution in [3.63, 3.8) is 0 Å². The van der Waals surface area contributed by atoms with Gasteiger partial charge >= 0.3 is 0 Å². The van der Waals surface area contributed by atoms with Gasteiger partial charge in [0.15, 0.2) is 0 Å². The molecule has 182 valence electrons. The number of hydrogen-bond donors (Lipinski definition) is 1. The molecule has 1 heterocycles. The summed E-state index contributed by atoms with van der Waals surface area (Å²) in [5.41, 5.74) is 4.13. The molecule has 6 heteroatoms. The van der Waals surface area contributed by atoms with Gasteiger partial charge in [-0.1, -0.05) is 49.7 Å². The second-order valence-electron chi connectivity index (χ2n) is 9.78. The van der Waals surface area contributed by atoms with Gasteiger partial charge in [-0.25, -0.2) is 4.68 Å². The average Bonchev–Trinajstić information content (AvgIpc) is 3.62. The first kappa shape index (κ1) is 24.5. The Hall–Kier alpha value is -2.67. The topological polar surface area (TPSA) is 59.8 Å². The lowest BCUT2D eigenvalue weighted by Crippen LogP contribution is -2.36. The summed E-state index contributed by atoms with van der Waals surface area (Å²) in [5, 5.41) is 15.5. The molecule has 0 radical (unpaired) electrons. The summed E-state index contributed by atoms with van der Waals surface area (Å²) in [4.78, 5) is 2.35. The molecule has 1 aliphatic rings. The van der Waals surface area contributed by atoms with Crippen LogP contribution in [0, 0.1) is 19.8 Å². The quantitative estimate of drug-likeness (QED) is 0.396. The van der Waals surface area contributed by atoms with Crippen LogP contribution in [0.5, 0.6) is 11.6 Å². The predicted octanol–water partition coefficient (Wildman–Crippen LogP) is 5.28. The van der Waals surface area contributed by atoms with Crippen molar-refractivity contribution in [3.8, 4) is 17.3 Å². The Morgan fingerprint density at radius 2 is 1.74 bits per heavy atom. The van der Waals surface area contributed by atoms with Crippen LogP contribution in [0.4, 0.5) is 0 Å². The predicted molar refractivity (Wildman–Crippen MR) is 135 cm³/mol. The van der Waals surface area contributed by atoms with E-state index in [9.17, 15) is 5.11 Å². The summed E-state index contributed by atoms with van der Waals surface area (Å²) in [5.74, 6) is 1.97. The fraction of sp³-hybridized carbons (Fsp3) is 0.464. The third-order valence-corrected chi connectivity index (χ3v) is 6.00. The number of aliphatic hydroxyl groups excluding tert-OH is 1. The highest BCUT2D eigenvalue weighted by Gasteiger charge is 2.32. The van der Waals surface area contributed by atoms with Crippen molar-refractivity contribution in [3.05, 3.63) is 71.4 Å². The maximum absolute atomic E-state index is 10.7. The van der Waals surface area contributed by atoms with Gasteiger partial charge in [-0.3, -0.25) is 4.90 Å². The van der Waals surface area contributed by atoms with E-state index in [0.717, 1.165) is 41.4 Å². The van der Waals surface area contributed by atoms with E-state index in [4.69, 9.17) is 14.6 Å². The van der Waals surface area contributed by atoms with Crippen LogP contribution < -0.4 is 4.74 Å². The molecule has 0 unspecified atom stereocenters. The van der Waals surface area contributed by atoms with Gasteiger partial charge in [0.05, 0.1) is 29.7 Å². The first-order valence-electron chi connectivity index (χ1n) is 12.3. The maximum Gasteiger partial charge on any atom is 0.227 e. The zero-order valence-corrected chi connectivity index (χ0v) is 20.8. The van der Waals surface area contributed by atoms with Crippen LogP contribution in [0.15, 0.2) is 54.6 Å². The molecule has 6 nitrogen and oxygen atoms in total. The van der Waals surface area contributed by atoms with Crippen molar-refractivity contribution in [2.75, 3.05) is 19.8 Å². The van der Waals surface area contributed by atoms with Gasteiger partial charge in [-0.05, 0) is 56.9 Å².